The number of benzene rings is 1. The molecule has 1 aromatic carbocycles. The first-order valence-corrected chi connectivity index (χ1v) is 6.85. The summed E-state index contributed by atoms with van der Waals surface area (Å²) in [4.78, 5) is 0. The topological polar surface area (TPSA) is 29.9 Å². The van der Waals surface area contributed by atoms with E-state index in [1.807, 2.05) is 23.1 Å². The van der Waals surface area contributed by atoms with Crippen LogP contribution in [0.15, 0.2) is 30.6 Å². The van der Waals surface area contributed by atoms with Crippen LogP contribution in [0.3, 0.4) is 0 Å². The van der Waals surface area contributed by atoms with Gasteiger partial charge in [0.05, 0.1) is 22.4 Å². The van der Waals surface area contributed by atoms with Crippen molar-refractivity contribution in [2.75, 3.05) is 5.32 Å². The van der Waals surface area contributed by atoms with Gasteiger partial charge in [-0.15, -0.1) is 0 Å². The Labute approximate surface area is 123 Å². The van der Waals surface area contributed by atoms with Crippen LogP contribution >= 0.6 is 23.2 Å². The number of hydrogen-bond donors (Lipinski definition) is 1. The lowest BCUT2D eigenvalue weighted by Crippen LogP contribution is -2.21. The standard InChI is InChI=1S/C14H17Cl2N3/c1-14(2,3)19-9-10(8-18-19)7-17-13-6-11(15)4-5-12(13)16/h4-6,8-9,17H,7H2,1-3H3. The summed E-state index contributed by atoms with van der Waals surface area (Å²) in [5.74, 6) is 0. The number of hydrogen-bond acceptors (Lipinski definition) is 2. The molecule has 0 saturated heterocycles. The van der Waals surface area contributed by atoms with Gasteiger partial charge in [-0.1, -0.05) is 23.2 Å². The third kappa shape index (κ3) is 3.64. The Balaban J connectivity index is 2.06. The number of nitrogens with one attached hydrogen (secondary N) is 1. The maximum Gasteiger partial charge on any atom is 0.0638 e. The number of anilines is 1. The summed E-state index contributed by atoms with van der Waals surface area (Å²) in [6, 6.07) is 5.37. The van der Waals surface area contributed by atoms with E-state index in [2.05, 4.69) is 31.2 Å². The lowest BCUT2D eigenvalue weighted by molar-refractivity contribution is 0.355. The molecule has 0 aliphatic rings. The summed E-state index contributed by atoms with van der Waals surface area (Å²) in [6.07, 6.45) is 3.89. The molecule has 1 heterocycles. The third-order valence-electron chi connectivity index (χ3n) is 2.73. The van der Waals surface area contributed by atoms with E-state index in [1.165, 1.54) is 0 Å². The Hall–Kier alpha value is -1.19. The van der Waals surface area contributed by atoms with Crippen molar-refractivity contribution in [2.45, 2.75) is 32.9 Å². The Bertz CT molecular complexity index is 570. The lowest BCUT2D eigenvalue weighted by Gasteiger charge is -2.18. The van der Waals surface area contributed by atoms with Crippen molar-refractivity contribution in [1.29, 1.82) is 0 Å². The molecule has 0 aliphatic heterocycles. The van der Waals surface area contributed by atoms with E-state index in [9.17, 15) is 0 Å². The van der Waals surface area contributed by atoms with Crippen molar-refractivity contribution in [3.05, 3.63) is 46.2 Å². The lowest BCUT2D eigenvalue weighted by atomic mass is 10.1. The SMILES string of the molecule is CC(C)(C)n1cc(CNc2cc(Cl)ccc2Cl)cn1. The van der Waals surface area contributed by atoms with Crippen molar-refractivity contribution >= 4 is 28.9 Å². The van der Waals surface area contributed by atoms with E-state index in [0.717, 1.165) is 11.3 Å². The van der Waals surface area contributed by atoms with E-state index in [4.69, 9.17) is 23.2 Å². The molecular weight excluding hydrogens is 281 g/mol. The molecule has 19 heavy (non-hydrogen) atoms. The Morgan fingerprint density at radius 1 is 1.26 bits per heavy atom. The molecule has 0 atom stereocenters. The first-order valence-electron chi connectivity index (χ1n) is 6.09. The van der Waals surface area contributed by atoms with Crippen LogP contribution < -0.4 is 5.32 Å². The average Bonchev–Trinajstić information content (AvgIpc) is 2.79. The molecule has 102 valence electrons. The molecule has 5 heteroatoms. The van der Waals surface area contributed by atoms with Gasteiger partial charge in [0.25, 0.3) is 0 Å². The summed E-state index contributed by atoms with van der Waals surface area (Å²) in [5.41, 5.74) is 1.93. The van der Waals surface area contributed by atoms with Gasteiger partial charge in [-0.25, -0.2) is 0 Å². The second-order valence-corrected chi connectivity index (χ2v) is 6.29. The maximum absolute atomic E-state index is 6.10. The molecule has 0 saturated carbocycles. The average molecular weight is 298 g/mol. The Morgan fingerprint density at radius 3 is 2.63 bits per heavy atom. The van der Waals surface area contributed by atoms with Crippen LogP contribution in [0.5, 0.6) is 0 Å². The fourth-order valence-corrected chi connectivity index (χ4v) is 2.00. The summed E-state index contributed by atoms with van der Waals surface area (Å²) < 4.78 is 1.95. The quantitative estimate of drug-likeness (QED) is 0.900. The van der Waals surface area contributed by atoms with Gasteiger partial charge in [-0.3, -0.25) is 4.68 Å². The molecule has 0 amide bonds. The minimum Gasteiger partial charge on any atom is -0.380 e. The number of halogens is 2. The van der Waals surface area contributed by atoms with Crippen LogP contribution in [0.1, 0.15) is 26.3 Å². The summed E-state index contributed by atoms with van der Waals surface area (Å²) in [7, 11) is 0. The van der Waals surface area contributed by atoms with E-state index in [0.29, 0.717) is 16.6 Å². The molecule has 0 unspecified atom stereocenters. The van der Waals surface area contributed by atoms with E-state index in [-0.39, 0.29) is 5.54 Å². The molecule has 0 aliphatic carbocycles. The monoisotopic (exact) mass is 297 g/mol. The fraction of sp³-hybridized carbons (Fsp3) is 0.357. The second kappa shape index (κ2) is 5.43. The first-order chi connectivity index (χ1) is 8.86. The van der Waals surface area contributed by atoms with Crippen LogP contribution in [0.4, 0.5) is 5.69 Å². The smallest absolute Gasteiger partial charge is 0.0638 e. The summed E-state index contributed by atoms with van der Waals surface area (Å²) in [6.45, 7) is 7.01. The molecule has 0 radical (unpaired) electrons. The highest BCUT2D eigenvalue weighted by molar-refractivity contribution is 6.35. The fourth-order valence-electron chi connectivity index (χ4n) is 1.65. The normalized spacial score (nSPS) is 11.6. The van der Waals surface area contributed by atoms with E-state index < -0.39 is 0 Å². The highest BCUT2D eigenvalue weighted by atomic mass is 35.5. The van der Waals surface area contributed by atoms with Crippen LogP contribution in [-0.2, 0) is 12.1 Å². The maximum atomic E-state index is 6.10. The summed E-state index contributed by atoms with van der Waals surface area (Å²) >= 11 is 12.0. The van der Waals surface area contributed by atoms with Crippen LogP contribution in [0, 0.1) is 0 Å². The van der Waals surface area contributed by atoms with Gasteiger partial charge in [-0.2, -0.15) is 5.10 Å². The highest BCUT2D eigenvalue weighted by Gasteiger charge is 2.13. The largest absolute Gasteiger partial charge is 0.380 e. The van der Waals surface area contributed by atoms with Gasteiger partial charge in [0, 0.05) is 23.3 Å². The van der Waals surface area contributed by atoms with Gasteiger partial charge in [0.1, 0.15) is 0 Å². The predicted octanol–water partition coefficient (Wildman–Crippen LogP) is 4.56. The van der Waals surface area contributed by atoms with Crippen LogP contribution in [0.2, 0.25) is 10.0 Å². The number of nitrogens with zero attached hydrogens (tertiary/aromatic N) is 2. The molecule has 1 aromatic heterocycles. The Morgan fingerprint density at radius 2 is 2.00 bits per heavy atom. The van der Waals surface area contributed by atoms with Crippen molar-refractivity contribution in [3.8, 4) is 0 Å². The summed E-state index contributed by atoms with van der Waals surface area (Å²) in [5, 5.41) is 8.95. The van der Waals surface area contributed by atoms with E-state index in [1.54, 1.807) is 12.1 Å². The molecular formula is C14H17Cl2N3. The molecule has 2 rings (SSSR count). The minimum atomic E-state index is -0.00799. The van der Waals surface area contributed by atoms with Gasteiger partial charge < -0.3 is 5.32 Å². The molecule has 0 bridgehead atoms. The third-order valence-corrected chi connectivity index (χ3v) is 3.30. The zero-order chi connectivity index (χ0) is 14.0. The van der Waals surface area contributed by atoms with Crippen molar-refractivity contribution < 1.29 is 0 Å². The molecule has 3 nitrogen and oxygen atoms in total. The first kappa shape index (κ1) is 14.2. The molecule has 1 N–H and O–H groups in total. The minimum absolute atomic E-state index is 0.00799. The zero-order valence-corrected chi connectivity index (χ0v) is 12.8. The number of aromatic nitrogens is 2. The second-order valence-electron chi connectivity index (χ2n) is 5.44. The van der Waals surface area contributed by atoms with Gasteiger partial charge in [0.2, 0.25) is 0 Å². The Kier molecular flexibility index (Phi) is 4.07. The van der Waals surface area contributed by atoms with Crippen LogP contribution in [0.25, 0.3) is 0 Å². The molecule has 0 fully saturated rings. The van der Waals surface area contributed by atoms with Gasteiger partial charge in [-0.05, 0) is 39.0 Å². The van der Waals surface area contributed by atoms with Crippen molar-refractivity contribution in [1.82, 2.24) is 9.78 Å². The van der Waals surface area contributed by atoms with Gasteiger partial charge in [0.15, 0.2) is 0 Å². The molecule has 0 spiro atoms. The van der Waals surface area contributed by atoms with Crippen molar-refractivity contribution in [2.24, 2.45) is 0 Å². The number of rotatable bonds is 3. The van der Waals surface area contributed by atoms with E-state index >= 15 is 0 Å². The van der Waals surface area contributed by atoms with Crippen LogP contribution in [-0.4, -0.2) is 9.78 Å². The zero-order valence-electron chi connectivity index (χ0n) is 11.2. The molecule has 2 aromatic rings. The van der Waals surface area contributed by atoms with Crippen molar-refractivity contribution in [3.63, 3.8) is 0 Å². The highest BCUT2D eigenvalue weighted by Crippen LogP contribution is 2.26. The van der Waals surface area contributed by atoms with Gasteiger partial charge >= 0.3 is 0 Å². The predicted molar refractivity (Wildman–Crippen MR) is 81.0 cm³/mol.